The van der Waals surface area contributed by atoms with E-state index in [1.807, 2.05) is 13.8 Å². The van der Waals surface area contributed by atoms with Crippen molar-refractivity contribution in [2.24, 2.45) is 0 Å². The first-order valence-corrected chi connectivity index (χ1v) is 5.58. The normalized spacial score (nSPS) is 10.7. The second kappa shape index (κ2) is 4.95. The number of ketones is 1. The zero-order chi connectivity index (χ0) is 13.1. The van der Waals surface area contributed by atoms with E-state index in [1.54, 1.807) is 10.7 Å². The van der Waals surface area contributed by atoms with Gasteiger partial charge in [-0.1, -0.05) is 0 Å². The van der Waals surface area contributed by atoms with Crippen molar-refractivity contribution in [3.63, 3.8) is 0 Å². The molecule has 0 fully saturated rings. The van der Waals surface area contributed by atoms with E-state index in [4.69, 9.17) is 4.74 Å². The lowest BCUT2D eigenvalue weighted by Gasteiger charge is -2.10. The lowest BCUT2D eigenvalue weighted by atomic mass is 10.2. The molecule has 0 aliphatic rings. The van der Waals surface area contributed by atoms with Gasteiger partial charge in [0.1, 0.15) is 0 Å². The highest BCUT2D eigenvalue weighted by molar-refractivity contribution is 6.07. The van der Waals surface area contributed by atoms with Gasteiger partial charge in [0.05, 0.1) is 13.3 Å². The molecule has 0 unspecified atom stereocenters. The van der Waals surface area contributed by atoms with Gasteiger partial charge in [-0.25, -0.2) is 9.97 Å². The molecule has 0 aliphatic carbocycles. The molecule has 2 heterocycles. The Bertz CT molecular complexity index is 548. The summed E-state index contributed by atoms with van der Waals surface area (Å²) in [4.78, 5) is 20.3. The van der Waals surface area contributed by atoms with Gasteiger partial charge < -0.3 is 4.74 Å². The van der Waals surface area contributed by atoms with Gasteiger partial charge in [-0.15, -0.1) is 0 Å². The Morgan fingerprint density at radius 3 is 2.56 bits per heavy atom. The van der Waals surface area contributed by atoms with Crippen LogP contribution in [0.3, 0.4) is 0 Å². The summed E-state index contributed by atoms with van der Waals surface area (Å²) in [6.07, 6.45) is 4.59. The molecular formula is C12H14N4O2. The van der Waals surface area contributed by atoms with Crippen LogP contribution in [0.2, 0.25) is 0 Å². The van der Waals surface area contributed by atoms with Crippen molar-refractivity contribution in [2.45, 2.75) is 19.9 Å². The van der Waals surface area contributed by atoms with E-state index in [0.717, 1.165) is 0 Å². The number of hydrogen-bond donors (Lipinski definition) is 0. The summed E-state index contributed by atoms with van der Waals surface area (Å²) in [6, 6.07) is 1.71. The van der Waals surface area contributed by atoms with Gasteiger partial charge in [-0.2, -0.15) is 5.10 Å². The van der Waals surface area contributed by atoms with Crippen LogP contribution in [0.4, 0.5) is 0 Å². The Morgan fingerprint density at radius 1 is 1.33 bits per heavy atom. The molecule has 0 spiro atoms. The molecular weight excluding hydrogens is 232 g/mol. The summed E-state index contributed by atoms with van der Waals surface area (Å²) in [5.74, 6) is 0.276. The van der Waals surface area contributed by atoms with Crippen molar-refractivity contribution >= 4 is 5.78 Å². The highest BCUT2D eigenvalue weighted by atomic mass is 16.5. The van der Waals surface area contributed by atoms with Gasteiger partial charge in [-0.3, -0.25) is 9.48 Å². The van der Waals surface area contributed by atoms with Crippen molar-refractivity contribution in [2.75, 3.05) is 7.11 Å². The molecule has 0 radical (unpaired) electrons. The largest absolute Gasteiger partial charge is 0.493 e. The summed E-state index contributed by atoms with van der Waals surface area (Å²) in [5.41, 5.74) is 0.374. The zero-order valence-electron chi connectivity index (χ0n) is 10.5. The molecule has 2 aromatic rings. The lowest BCUT2D eigenvalue weighted by Crippen LogP contribution is -2.16. The Kier molecular flexibility index (Phi) is 3.36. The molecule has 18 heavy (non-hydrogen) atoms. The molecule has 0 aliphatic heterocycles. The fourth-order valence-electron chi connectivity index (χ4n) is 1.63. The van der Waals surface area contributed by atoms with Crippen LogP contribution < -0.4 is 4.74 Å². The monoisotopic (exact) mass is 246 g/mol. The molecule has 0 atom stereocenters. The Balaban J connectivity index is 2.50. The van der Waals surface area contributed by atoms with Crippen molar-refractivity contribution in [1.29, 1.82) is 0 Å². The van der Waals surface area contributed by atoms with Crippen LogP contribution in [0.5, 0.6) is 5.75 Å². The summed E-state index contributed by atoms with van der Waals surface area (Å²) in [6.45, 7) is 3.88. The molecule has 6 heteroatoms. The Labute approximate surface area is 105 Å². The minimum atomic E-state index is -0.293. The molecule has 0 aromatic carbocycles. The third-order valence-electron chi connectivity index (χ3n) is 2.45. The first-order valence-electron chi connectivity index (χ1n) is 5.58. The molecule has 0 N–H and O–H groups in total. The molecule has 0 bridgehead atoms. The summed E-state index contributed by atoms with van der Waals surface area (Å²) in [5, 5.41) is 4.15. The first kappa shape index (κ1) is 12.2. The van der Waals surface area contributed by atoms with E-state index < -0.39 is 0 Å². The van der Waals surface area contributed by atoms with Gasteiger partial charge in [0.2, 0.25) is 5.82 Å². The van der Waals surface area contributed by atoms with Crippen LogP contribution in [0, 0.1) is 0 Å². The number of rotatable bonds is 4. The highest BCUT2D eigenvalue weighted by Crippen LogP contribution is 2.22. The third-order valence-corrected chi connectivity index (χ3v) is 2.45. The van der Waals surface area contributed by atoms with Gasteiger partial charge in [0, 0.05) is 18.4 Å². The maximum Gasteiger partial charge on any atom is 0.252 e. The number of ether oxygens (including phenoxy) is 1. The van der Waals surface area contributed by atoms with Crippen LogP contribution in [0.1, 0.15) is 36.2 Å². The molecule has 2 rings (SSSR count). The van der Waals surface area contributed by atoms with E-state index in [9.17, 15) is 4.79 Å². The lowest BCUT2D eigenvalue weighted by molar-refractivity contribution is 0.101. The number of nitrogens with zero attached hydrogens (tertiary/aromatic N) is 4. The Hall–Kier alpha value is -2.24. The standard InChI is InChI=1S/C12H14N4O2/c1-8(2)16-10(9(18-3)7-15-16)11(17)12-13-5-4-6-14-12/h4-8H,1-3H3. The quantitative estimate of drug-likeness (QED) is 0.764. The fraction of sp³-hybridized carbons (Fsp3) is 0.333. The molecule has 6 nitrogen and oxygen atoms in total. The van der Waals surface area contributed by atoms with Gasteiger partial charge in [0.25, 0.3) is 5.78 Å². The van der Waals surface area contributed by atoms with Crippen LogP contribution in [-0.4, -0.2) is 32.6 Å². The van der Waals surface area contributed by atoms with Crippen molar-refractivity contribution in [3.05, 3.63) is 36.2 Å². The van der Waals surface area contributed by atoms with Crippen LogP contribution in [-0.2, 0) is 0 Å². The number of methoxy groups -OCH3 is 1. The average Bonchev–Trinajstić information content (AvgIpc) is 2.82. The highest BCUT2D eigenvalue weighted by Gasteiger charge is 2.23. The summed E-state index contributed by atoms with van der Waals surface area (Å²) < 4.78 is 6.77. The number of aromatic nitrogens is 4. The second-order valence-electron chi connectivity index (χ2n) is 4.00. The molecule has 94 valence electrons. The second-order valence-corrected chi connectivity index (χ2v) is 4.00. The summed E-state index contributed by atoms with van der Waals surface area (Å²) in [7, 11) is 1.50. The predicted molar refractivity (Wildman–Crippen MR) is 64.6 cm³/mol. The smallest absolute Gasteiger partial charge is 0.252 e. The fourth-order valence-corrected chi connectivity index (χ4v) is 1.63. The van der Waals surface area contributed by atoms with Crippen molar-refractivity contribution in [3.8, 4) is 5.75 Å². The molecule has 0 saturated carbocycles. The van der Waals surface area contributed by atoms with E-state index in [0.29, 0.717) is 11.4 Å². The van der Waals surface area contributed by atoms with Crippen LogP contribution in [0.25, 0.3) is 0 Å². The SMILES string of the molecule is COc1cnn(C(C)C)c1C(=O)c1ncccn1. The molecule has 2 aromatic heterocycles. The van der Waals surface area contributed by atoms with Gasteiger partial charge >= 0.3 is 0 Å². The van der Waals surface area contributed by atoms with Crippen LogP contribution in [0.15, 0.2) is 24.7 Å². The number of carbonyl (C=O) groups is 1. The van der Waals surface area contributed by atoms with E-state index in [1.165, 1.54) is 25.7 Å². The van der Waals surface area contributed by atoms with Crippen molar-refractivity contribution in [1.82, 2.24) is 19.7 Å². The zero-order valence-corrected chi connectivity index (χ0v) is 10.5. The first-order chi connectivity index (χ1) is 8.65. The van der Waals surface area contributed by atoms with Gasteiger partial charge in [0.15, 0.2) is 11.4 Å². The molecule has 0 amide bonds. The van der Waals surface area contributed by atoms with Gasteiger partial charge in [-0.05, 0) is 19.9 Å². The average molecular weight is 246 g/mol. The van der Waals surface area contributed by atoms with E-state index in [2.05, 4.69) is 15.1 Å². The predicted octanol–water partition coefficient (Wildman–Crippen LogP) is 1.49. The van der Waals surface area contributed by atoms with Crippen molar-refractivity contribution < 1.29 is 9.53 Å². The third kappa shape index (κ3) is 2.09. The van der Waals surface area contributed by atoms with Crippen LogP contribution >= 0.6 is 0 Å². The number of hydrogen-bond acceptors (Lipinski definition) is 5. The maximum absolute atomic E-state index is 12.3. The van der Waals surface area contributed by atoms with E-state index in [-0.39, 0.29) is 17.6 Å². The summed E-state index contributed by atoms with van der Waals surface area (Å²) >= 11 is 0. The van der Waals surface area contributed by atoms with E-state index >= 15 is 0 Å². The topological polar surface area (TPSA) is 69.9 Å². The Morgan fingerprint density at radius 2 is 2.00 bits per heavy atom. The minimum Gasteiger partial charge on any atom is -0.493 e. The number of carbonyl (C=O) groups excluding carboxylic acids is 1. The maximum atomic E-state index is 12.3. The minimum absolute atomic E-state index is 0.0524. The molecule has 0 saturated heterocycles.